The van der Waals surface area contributed by atoms with E-state index >= 15 is 0 Å². The summed E-state index contributed by atoms with van der Waals surface area (Å²) in [6.45, 7) is 1.24. The fourth-order valence-electron chi connectivity index (χ4n) is 2.48. The Morgan fingerprint density at radius 2 is 1.62 bits per heavy atom. The van der Waals surface area contributed by atoms with Gasteiger partial charge in [-0.1, -0.05) is 18.2 Å². The molecular formula is C18H18O3. The lowest BCUT2D eigenvalue weighted by molar-refractivity contribution is 0.0994. The third-order valence-corrected chi connectivity index (χ3v) is 3.57. The van der Waals surface area contributed by atoms with Crippen LogP contribution in [0.15, 0.2) is 48.5 Å². The first kappa shape index (κ1) is 13.7. The van der Waals surface area contributed by atoms with Gasteiger partial charge < -0.3 is 9.47 Å². The van der Waals surface area contributed by atoms with Crippen molar-refractivity contribution < 1.29 is 14.3 Å². The molecule has 0 amide bonds. The fourth-order valence-corrected chi connectivity index (χ4v) is 2.48. The van der Waals surface area contributed by atoms with Gasteiger partial charge in [0.05, 0.1) is 13.2 Å². The van der Waals surface area contributed by atoms with E-state index in [1.165, 1.54) is 0 Å². The Bertz CT molecular complexity index is 620. The van der Waals surface area contributed by atoms with Gasteiger partial charge in [0.25, 0.3) is 0 Å². The molecule has 0 bridgehead atoms. The lowest BCUT2D eigenvalue weighted by Crippen LogP contribution is -2.05. The van der Waals surface area contributed by atoms with E-state index in [9.17, 15) is 4.79 Å². The zero-order chi connectivity index (χ0) is 14.5. The minimum Gasteiger partial charge on any atom is -0.493 e. The molecule has 0 saturated heterocycles. The summed E-state index contributed by atoms with van der Waals surface area (Å²) >= 11 is 0. The summed E-state index contributed by atoms with van der Waals surface area (Å²) in [5.74, 6) is 1.96. The summed E-state index contributed by atoms with van der Waals surface area (Å²) in [7, 11) is 0. The molecule has 108 valence electrons. The first-order chi connectivity index (χ1) is 10.3. The van der Waals surface area contributed by atoms with Crippen LogP contribution in [0.1, 0.15) is 28.8 Å². The average molecular weight is 282 g/mol. The largest absolute Gasteiger partial charge is 0.493 e. The molecule has 3 rings (SSSR count). The fraction of sp³-hybridized carbons (Fsp3) is 0.278. The molecule has 0 fully saturated rings. The predicted octanol–water partition coefficient (Wildman–Crippen LogP) is 3.66. The highest BCUT2D eigenvalue weighted by molar-refractivity contribution is 6.00. The molecule has 0 aliphatic heterocycles. The van der Waals surface area contributed by atoms with E-state index in [-0.39, 0.29) is 5.78 Å². The molecule has 0 aromatic heterocycles. The lowest BCUT2D eigenvalue weighted by atomic mass is 10.1. The zero-order valence-electron chi connectivity index (χ0n) is 11.9. The van der Waals surface area contributed by atoms with E-state index in [4.69, 9.17) is 9.47 Å². The topological polar surface area (TPSA) is 35.5 Å². The van der Waals surface area contributed by atoms with E-state index < -0.39 is 0 Å². The van der Waals surface area contributed by atoms with Crippen molar-refractivity contribution >= 4 is 5.78 Å². The van der Waals surface area contributed by atoms with Gasteiger partial charge in [-0.2, -0.15) is 0 Å². The van der Waals surface area contributed by atoms with E-state index in [0.29, 0.717) is 19.6 Å². The number of hydrogen-bond donors (Lipinski definition) is 0. The molecule has 3 nitrogen and oxygen atoms in total. The van der Waals surface area contributed by atoms with Gasteiger partial charge in [0, 0.05) is 18.4 Å². The Hall–Kier alpha value is -2.29. The van der Waals surface area contributed by atoms with Gasteiger partial charge in [0.2, 0.25) is 0 Å². The predicted molar refractivity (Wildman–Crippen MR) is 81.1 cm³/mol. The van der Waals surface area contributed by atoms with E-state index in [1.54, 1.807) is 0 Å². The van der Waals surface area contributed by atoms with Crippen LogP contribution >= 0.6 is 0 Å². The lowest BCUT2D eigenvalue weighted by Gasteiger charge is -2.09. The van der Waals surface area contributed by atoms with Crippen molar-refractivity contribution in [3.8, 4) is 11.5 Å². The Morgan fingerprint density at radius 1 is 0.857 bits per heavy atom. The molecule has 1 aliphatic carbocycles. The number of fused-ring (bicyclic) bond motifs is 1. The van der Waals surface area contributed by atoms with Crippen LogP contribution in [0.4, 0.5) is 0 Å². The molecule has 0 radical (unpaired) electrons. The number of hydrogen-bond acceptors (Lipinski definition) is 3. The van der Waals surface area contributed by atoms with Crippen LogP contribution in [0.5, 0.6) is 11.5 Å². The number of para-hydroxylation sites is 1. The van der Waals surface area contributed by atoms with Gasteiger partial charge in [-0.3, -0.25) is 4.79 Å². The monoisotopic (exact) mass is 282 g/mol. The number of ether oxygens (including phenoxy) is 2. The Labute approximate surface area is 124 Å². The molecule has 2 aromatic rings. The molecule has 0 atom stereocenters. The van der Waals surface area contributed by atoms with Crippen molar-refractivity contribution in [1.82, 2.24) is 0 Å². The van der Waals surface area contributed by atoms with E-state index in [1.807, 2.05) is 48.5 Å². The third-order valence-electron chi connectivity index (χ3n) is 3.57. The summed E-state index contributed by atoms with van der Waals surface area (Å²) < 4.78 is 11.3. The second-order valence-corrected chi connectivity index (χ2v) is 5.11. The van der Waals surface area contributed by atoms with Gasteiger partial charge >= 0.3 is 0 Å². The zero-order valence-corrected chi connectivity index (χ0v) is 11.9. The number of ketones is 1. The number of rotatable bonds is 6. The molecule has 21 heavy (non-hydrogen) atoms. The minimum absolute atomic E-state index is 0.243. The standard InChI is InChI=1S/C18H18O3/c19-18-10-7-14-13-16(8-9-17(14)18)21-12-4-11-20-15-5-2-1-3-6-15/h1-3,5-6,8-9,13H,4,7,10-12H2. The summed E-state index contributed by atoms with van der Waals surface area (Å²) in [5, 5.41) is 0. The number of Topliss-reactive ketones (excluding diaryl/α,β-unsaturated/α-hetero) is 1. The molecule has 0 N–H and O–H groups in total. The molecule has 2 aromatic carbocycles. The van der Waals surface area contributed by atoms with Crippen LogP contribution in [0, 0.1) is 0 Å². The van der Waals surface area contributed by atoms with Gasteiger partial charge in [-0.05, 0) is 42.3 Å². The van der Waals surface area contributed by atoms with Gasteiger partial charge in [-0.15, -0.1) is 0 Å². The van der Waals surface area contributed by atoms with Crippen LogP contribution in [0.2, 0.25) is 0 Å². The van der Waals surface area contributed by atoms with Crippen molar-refractivity contribution in [1.29, 1.82) is 0 Å². The average Bonchev–Trinajstić information content (AvgIpc) is 2.89. The van der Waals surface area contributed by atoms with Crippen LogP contribution in [-0.2, 0) is 6.42 Å². The van der Waals surface area contributed by atoms with Crippen molar-refractivity contribution in [3.63, 3.8) is 0 Å². The van der Waals surface area contributed by atoms with Crippen LogP contribution in [-0.4, -0.2) is 19.0 Å². The SMILES string of the molecule is O=C1CCc2cc(OCCCOc3ccccc3)ccc21. The van der Waals surface area contributed by atoms with Gasteiger partial charge in [-0.25, -0.2) is 0 Å². The first-order valence-electron chi connectivity index (χ1n) is 7.30. The third kappa shape index (κ3) is 3.43. The maximum Gasteiger partial charge on any atom is 0.163 e. The highest BCUT2D eigenvalue weighted by atomic mass is 16.5. The van der Waals surface area contributed by atoms with Crippen molar-refractivity contribution in [2.24, 2.45) is 0 Å². The van der Waals surface area contributed by atoms with E-state index in [0.717, 1.165) is 35.5 Å². The number of carbonyl (C=O) groups is 1. The summed E-state index contributed by atoms with van der Waals surface area (Å²) in [6.07, 6.45) is 2.29. The van der Waals surface area contributed by atoms with Crippen molar-refractivity contribution in [2.45, 2.75) is 19.3 Å². The number of aryl methyl sites for hydroxylation is 1. The maximum atomic E-state index is 11.6. The minimum atomic E-state index is 0.243. The second kappa shape index (κ2) is 6.44. The first-order valence-corrected chi connectivity index (χ1v) is 7.30. The summed E-state index contributed by atoms with van der Waals surface area (Å²) in [5.41, 5.74) is 1.97. The van der Waals surface area contributed by atoms with Crippen LogP contribution in [0.25, 0.3) is 0 Å². The molecule has 0 saturated carbocycles. The molecular weight excluding hydrogens is 264 g/mol. The van der Waals surface area contributed by atoms with Crippen LogP contribution in [0.3, 0.4) is 0 Å². The second-order valence-electron chi connectivity index (χ2n) is 5.11. The summed E-state index contributed by atoms with van der Waals surface area (Å²) in [6, 6.07) is 15.5. The Kier molecular flexibility index (Phi) is 4.20. The number of benzene rings is 2. The van der Waals surface area contributed by atoms with Crippen molar-refractivity contribution in [2.75, 3.05) is 13.2 Å². The highest BCUT2D eigenvalue weighted by Gasteiger charge is 2.19. The molecule has 0 spiro atoms. The van der Waals surface area contributed by atoms with Crippen molar-refractivity contribution in [3.05, 3.63) is 59.7 Å². The normalized spacial score (nSPS) is 13.0. The molecule has 1 aliphatic rings. The Balaban J connectivity index is 1.43. The maximum absolute atomic E-state index is 11.6. The number of carbonyl (C=O) groups excluding carboxylic acids is 1. The molecule has 0 heterocycles. The van der Waals surface area contributed by atoms with E-state index in [2.05, 4.69) is 0 Å². The van der Waals surface area contributed by atoms with Gasteiger partial charge in [0.1, 0.15) is 11.5 Å². The van der Waals surface area contributed by atoms with Crippen LogP contribution < -0.4 is 9.47 Å². The smallest absolute Gasteiger partial charge is 0.163 e. The molecule has 3 heteroatoms. The Morgan fingerprint density at radius 3 is 2.43 bits per heavy atom. The van der Waals surface area contributed by atoms with Gasteiger partial charge in [0.15, 0.2) is 5.78 Å². The highest BCUT2D eigenvalue weighted by Crippen LogP contribution is 2.26. The summed E-state index contributed by atoms with van der Waals surface area (Å²) in [4.78, 5) is 11.6. The molecule has 0 unspecified atom stereocenters. The quantitative estimate of drug-likeness (QED) is 0.758.